The van der Waals surface area contributed by atoms with Crippen molar-refractivity contribution in [3.63, 3.8) is 0 Å². The molecule has 0 fully saturated rings. The van der Waals surface area contributed by atoms with E-state index in [-0.39, 0.29) is 12.1 Å². The van der Waals surface area contributed by atoms with Crippen LogP contribution in [-0.4, -0.2) is 39.8 Å². The van der Waals surface area contributed by atoms with E-state index in [1.165, 1.54) is 24.3 Å². The molecular formula is C22H29FN2O4S. The molecular weight excluding hydrogens is 407 g/mol. The Bertz CT molecular complexity index is 950. The lowest BCUT2D eigenvalue weighted by Crippen LogP contribution is -2.49. The molecule has 0 saturated carbocycles. The van der Waals surface area contributed by atoms with E-state index in [4.69, 9.17) is 4.74 Å². The van der Waals surface area contributed by atoms with Gasteiger partial charge in [0.1, 0.15) is 17.6 Å². The lowest BCUT2D eigenvalue weighted by molar-refractivity contribution is -0.122. The maximum Gasteiger partial charge on any atom is 0.243 e. The fraction of sp³-hybridized carbons (Fsp3) is 0.409. The number of halogens is 1. The van der Waals surface area contributed by atoms with Gasteiger partial charge in [-0.15, -0.1) is 0 Å². The number of anilines is 1. The Morgan fingerprint density at radius 3 is 2.43 bits per heavy atom. The zero-order chi connectivity index (χ0) is 22.1. The van der Waals surface area contributed by atoms with E-state index in [1.807, 2.05) is 31.2 Å². The molecule has 0 aliphatic heterocycles. The van der Waals surface area contributed by atoms with Gasteiger partial charge in [-0.1, -0.05) is 37.3 Å². The molecule has 2 rings (SSSR count). The average Bonchev–Trinajstić information content (AvgIpc) is 2.70. The summed E-state index contributed by atoms with van der Waals surface area (Å²) in [6.45, 7) is 4.56. The number of ether oxygens (including phenoxy) is 1. The van der Waals surface area contributed by atoms with E-state index in [0.29, 0.717) is 26.0 Å². The lowest BCUT2D eigenvalue weighted by Gasteiger charge is -2.30. The number of carbonyl (C=O) groups is 1. The van der Waals surface area contributed by atoms with Crippen LogP contribution in [-0.2, 0) is 21.2 Å². The normalized spacial score (nSPS) is 12.3. The van der Waals surface area contributed by atoms with Gasteiger partial charge in [-0.2, -0.15) is 0 Å². The molecule has 0 aliphatic carbocycles. The summed E-state index contributed by atoms with van der Waals surface area (Å²) in [6, 6.07) is 12.2. The van der Waals surface area contributed by atoms with Crippen molar-refractivity contribution in [3.05, 3.63) is 59.9 Å². The highest BCUT2D eigenvalue weighted by Crippen LogP contribution is 2.25. The van der Waals surface area contributed by atoms with Crippen LogP contribution >= 0.6 is 0 Å². The van der Waals surface area contributed by atoms with Crippen LogP contribution in [0.3, 0.4) is 0 Å². The van der Waals surface area contributed by atoms with E-state index >= 15 is 0 Å². The van der Waals surface area contributed by atoms with Crippen molar-refractivity contribution in [2.45, 2.75) is 39.2 Å². The molecule has 2 aromatic rings. The number of carbonyl (C=O) groups excluding carboxylic acids is 1. The van der Waals surface area contributed by atoms with Gasteiger partial charge < -0.3 is 10.1 Å². The largest absolute Gasteiger partial charge is 0.494 e. The molecule has 0 saturated heterocycles. The number of nitrogens with one attached hydrogen (secondary N) is 1. The van der Waals surface area contributed by atoms with Crippen LogP contribution in [0.2, 0.25) is 0 Å². The molecule has 2 aromatic carbocycles. The van der Waals surface area contributed by atoms with Crippen molar-refractivity contribution in [3.8, 4) is 5.75 Å². The minimum absolute atomic E-state index is 0.132. The zero-order valence-electron chi connectivity index (χ0n) is 17.6. The fourth-order valence-corrected chi connectivity index (χ4v) is 4.49. The molecule has 0 aromatic heterocycles. The smallest absolute Gasteiger partial charge is 0.243 e. The number of sulfonamides is 1. The third-order valence-corrected chi connectivity index (χ3v) is 5.78. The van der Waals surface area contributed by atoms with Crippen molar-refractivity contribution >= 4 is 21.6 Å². The van der Waals surface area contributed by atoms with Crippen molar-refractivity contribution in [2.75, 3.05) is 23.7 Å². The van der Waals surface area contributed by atoms with E-state index in [1.54, 1.807) is 6.92 Å². The first-order chi connectivity index (χ1) is 14.3. The van der Waals surface area contributed by atoms with Gasteiger partial charge in [0.05, 0.1) is 18.6 Å². The Labute approximate surface area is 178 Å². The zero-order valence-corrected chi connectivity index (χ0v) is 18.4. The van der Waals surface area contributed by atoms with Gasteiger partial charge in [-0.3, -0.25) is 9.10 Å². The van der Waals surface area contributed by atoms with Crippen LogP contribution in [0.25, 0.3) is 0 Å². The molecule has 0 heterocycles. The molecule has 8 heteroatoms. The van der Waals surface area contributed by atoms with Gasteiger partial charge in [0.2, 0.25) is 15.9 Å². The number of benzene rings is 2. The lowest BCUT2D eigenvalue weighted by atomic mass is 10.1. The highest BCUT2D eigenvalue weighted by molar-refractivity contribution is 7.92. The third kappa shape index (κ3) is 6.19. The van der Waals surface area contributed by atoms with Crippen LogP contribution < -0.4 is 14.4 Å². The summed E-state index contributed by atoms with van der Waals surface area (Å²) >= 11 is 0. The number of nitrogens with zero attached hydrogens (tertiary/aromatic N) is 1. The molecule has 0 aliphatic rings. The monoisotopic (exact) mass is 436 g/mol. The van der Waals surface area contributed by atoms with Gasteiger partial charge >= 0.3 is 0 Å². The highest BCUT2D eigenvalue weighted by Gasteiger charge is 2.32. The third-order valence-electron chi connectivity index (χ3n) is 4.61. The van der Waals surface area contributed by atoms with Crippen LogP contribution in [0, 0.1) is 5.82 Å². The van der Waals surface area contributed by atoms with Crippen molar-refractivity contribution < 1.29 is 22.3 Å². The molecule has 0 unspecified atom stereocenters. The summed E-state index contributed by atoms with van der Waals surface area (Å²) in [5.74, 6) is -0.327. The molecule has 1 atom stereocenters. The van der Waals surface area contributed by atoms with Gasteiger partial charge in [0.25, 0.3) is 0 Å². The first-order valence-corrected chi connectivity index (χ1v) is 11.9. The average molecular weight is 437 g/mol. The summed E-state index contributed by atoms with van der Waals surface area (Å²) in [7, 11) is -3.87. The summed E-state index contributed by atoms with van der Waals surface area (Å²) < 4.78 is 45.5. The topological polar surface area (TPSA) is 75.7 Å². The van der Waals surface area contributed by atoms with Crippen molar-refractivity contribution in [1.29, 1.82) is 0 Å². The summed E-state index contributed by atoms with van der Waals surface area (Å²) in [5.41, 5.74) is 0.914. The SMILES string of the molecule is CCOc1ccccc1CCCNC(=O)[C@@H](CC)N(c1ccccc1F)S(C)(=O)=O. The minimum atomic E-state index is -3.87. The van der Waals surface area contributed by atoms with Crippen LogP contribution in [0.5, 0.6) is 5.75 Å². The molecule has 1 amide bonds. The van der Waals surface area contributed by atoms with Gasteiger partial charge in [0, 0.05) is 6.54 Å². The predicted molar refractivity (Wildman–Crippen MR) is 117 cm³/mol. The molecule has 6 nitrogen and oxygen atoms in total. The second kappa shape index (κ2) is 11.0. The number of aryl methyl sites for hydroxylation is 1. The number of amides is 1. The fourth-order valence-electron chi connectivity index (χ4n) is 3.28. The first kappa shape index (κ1) is 23.7. The Morgan fingerprint density at radius 2 is 1.80 bits per heavy atom. The summed E-state index contributed by atoms with van der Waals surface area (Å²) in [6.07, 6.45) is 2.54. The van der Waals surface area contributed by atoms with Gasteiger partial charge in [-0.25, -0.2) is 12.8 Å². The van der Waals surface area contributed by atoms with E-state index in [2.05, 4.69) is 5.32 Å². The number of rotatable bonds is 11. The van der Waals surface area contributed by atoms with Crippen molar-refractivity contribution in [1.82, 2.24) is 5.32 Å². The number of para-hydroxylation sites is 2. The second-order valence-corrected chi connectivity index (χ2v) is 8.73. The Balaban J connectivity index is 2.06. The van der Waals surface area contributed by atoms with E-state index in [0.717, 1.165) is 21.9 Å². The maximum absolute atomic E-state index is 14.3. The summed E-state index contributed by atoms with van der Waals surface area (Å²) in [5, 5.41) is 2.79. The van der Waals surface area contributed by atoms with Crippen LogP contribution in [0.1, 0.15) is 32.3 Å². The Morgan fingerprint density at radius 1 is 1.13 bits per heavy atom. The quantitative estimate of drug-likeness (QED) is 0.547. The Kier molecular flexibility index (Phi) is 8.65. The molecule has 30 heavy (non-hydrogen) atoms. The van der Waals surface area contributed by atoms with Gasteiger partial charge in [-0.05, 0) is 49.9 Å². The van der Waals surface area contributed by atoms with E-state index in [9.17, 15) is 17.6 Å². The molecule has 164 valence electrons. The molecule has 0 spiro atoms. The van der Waals surface area contributed by atoms with E-state index < -0.39 is 27.8 Å². The standard InChI is InChI=1S/C22H29FN2O4S/c1-4-19(25(30(3,27)28)20-14-8-7-13-18(20)23)22(26)24-16-10-12-17-11-6-9-15-21(17)29-5-2/h6-9,11,13-15,19H,4-5,10,12,16H2,1-3H3,(H,24,26)/t19-/m1/s1. The predicted octanol–water partition coefficient (Wildman–Crippen LogP) is 3.52. The minimum Gasteiger partial charge on any atom is -0.494 e. The maximum atomic E-state index is 14.3. The summed E-state index contributed by atoms with van der Waals surface area (Å²) in [4.78, 5) is 12.8. The van der Waals surface area contributed by atoms with Gasteiger partial charge in [0.15, 0.2) is 0 Å². The highest BCUT2D eigenvalue weighted by atomic mass is 32.2. The number of hydrogen-bond donors (Lipinski definition) is 1. The molecule has 0 bridgehead atoms. The second-order valence-electron chi connectivity index (χ2n) is 6.87. The van der Waals surface area contributed by atoms with Crippen molar-refractivity contribution in [2.24, 2.45) is 0 Å². The van der Waals surface area contributed by atoms with Crippen LogP contribution in [0.4, 0.5) is 10.1 Å². The molecule has 0 radical (unpaired) electrons. The number of hydrogen-bond acceptors (Lipinski definition) is 4. The Hall–Kier alpha value is -2.61. The first-order valence-electron chi connectivity index (χ1n) is 10.0. The molecule has 1 N–H and O–H groups in total. The van der Waals surface area contributed by atoms with Crippen LogP contribution in [0.15, 0.2) is 48.5 Å².